The minimum Gasteiger partial charge on any atom is -0.350 e. The Hall–Kier alpha value is -4.34. The third-order valence-corrected chi connectivity index (χ3v) is 7.75. The number of halogens is 1. The Balaban J connectivity index is 1.69. The molecule has 0 fully saturated rings. The van der Waals surface area contributed by atoms with Crippen LogP contribution in [0.15, 0.2) is 115 Å². The monoisotopic (exact) mass is 573 g/mol. The number of rotatable bonds is 12. The van der Waals surface area contributed by atoms with E-state index in [1.807, 2.05) is 36.4 Å². The lowest BCUT2D eigenvalue weighted by Gasteiger charge is -2.33. The number of hydrogen-bond donors (Lipinski definition) is 1. The Labute approximate surface area is 240 Å². The molecule has 4 rings (SSSR count). The molecule has 0 bridgehead atoms. The summed E-state index contributed by atoms with van der Waals surface area (Å²) in [6.07, 6.45) is 1.05. The molecule has 0 aromatic heterocycles. The molecule has 0 spiro atoms. The maximum absolute atomic E-state index is 14.0. The molecule has 1 atom stereocenters. The fourth-order valence-corrected chi connectivity index (χ4v) is 5.15. The fourth-order valence-electron chi connectivity index (χ4n) is 4.42. The molecule has 0 unspecified atom stereocenters. The SMILES string of the molecule is CS(=O)(=O)N(CC(=O)N(Cc1ccc(F)cc1)[C@@H](C(=O)NCc1ccccc1)c1ccccc1)Cc1ccccc1. The van der Waals surface area contributed by atoms with E-state index in [1.54, 1.807) is 54.6 Å². The van der Waals surface area contributed by atoms with Crippen molar-refractivity contribution in [3.63, 3.8) is 0 Å². The Morgan fingerprint density at radius 1 is 0.732 bits per heavy atom. The summed E-state index contributed by atoms with van der Waals surface area (Å²) in [5.41, 5.74) is 2.75. The molecular weight excluding hydrogens is 541 g/mol. The number of hydrogen-bond acceptors (Lipinski definition) is 4. The van der Waals surface area contributed by atoms with E-state index >= 15 is 0 Å². The molecule has 0 aliphatic carbocycles. The number of benzene rings is 4. The summed E-state index contributed by atoms with van der Waals surface area (Å²) in [6.45, 7) is -0.290. The first kappa shape index (κ1) is 29.6. The maximum Gasteiger partial charge on any atom is 0.247 e. The van der Waals surface area contributed by atoms with Gasteiger partial charge in [-0.1, -0.05) is 103 Å². The highest BCUT2D eigenvalue weighted by molar-refractivity contribution is 7.88. The lowest BCUT2D eigenvalue weighted by atomic mass is 10.0. The van der Waals surface area contributed by atoms with Crippen LogP contribution < -0.4 is 5.32 Å². The lowest BCUT2D eigenvalue weighted by Crippen LogP contribution is -2.47. The van der Waals surface area contributed by atoms with Gasteiger partial charge in [-0.3, -0.25) is 9.59 Å². The molecule has 4 aromatic carbocycles. The number of sulfonamides is 1. The number of amides is 2. The van der Waals surface area contributed by atoms with Gasteiger partial charge in [0.15, 0.2) is 0 Å². The quantitative estimate of drug-likeness (QED) is 0.267. The van der Waals surface area contributed by atoms with E-state index in [9.17, 15) is 22.4 Å². The van der Waals surface area contributed by atoms with Crippen LogP contribution in [-0.2, 0) is 39.2 Å². The largest absolute Gasteiger partial charge is 0.350 e. The van der Waals surface area contributed by atoms with Gasteiger partial charge < -0.3 is 10.2 Å². The van der Waals surface area contributed by atoms with Crippen molar-refractivity contribution in [3.05, 3.63) is 143 Å². The lowest BCUT2D eigenvalue weighted by molar-refractivity contribution is -0.141. The molecule has 0 heterocycles. The van der Waals surface area contributed by atoms with E-state index in [4.69, 9.17) is 0 Å². The minimum absolute atomic E-state index is 0.00793. The molecule has 1 N–H and O–H groups in total. The van der Waals surface area contributed by atoms with Crippen molar-refractivity contribution in [3.8, 4) is 0 Å². The zero-order chi connectivity index (χ0) is 29.2. The predicted molar refractivity (Wildman–Crippen MR) is 156 cm³/mol. The van der Waals surface area contributed by atoms with Crippen molar-refractivity contribution >= 4 is 21.8 Å². The van der Waals surface area contributed by atoms with E-state index in [0.29, 0.717) is 11.1 Å². The number of nitrogens with zero attached hydrogens (tertiary/aromatic N) is 2. The summed E-state index contributed by atoms with van der Waals surface area (Å²) in [5, 5.41) is 2.93. The molecule has 7 nitrogen and oxygen atoms in total. The van der Waals surface area contributed by atoms with Crippen molar-refractivity contribution in [2.45, 2.75) is 25.7 Å². The minimum atomic E-state index is -3.79. The van der Waals surface area contributed by atoms with Crippen LogP contribution in [0.3, 0.4) is 0 Å². The van der Waals surface area contributed by atoms with Gasteiger partial charge in [-0.15, -0.1) is 0 Å². The second-order valence-corrected chi connectivity index (χ2v) is 11.7. The van der Waals surface area contributed by atoms with Gasteiger partial charge in [-0.05, 0) is 34.4 Å². The average molecular weight is 574 g/mol. The van der Waals surface area contributed by atoms with Crippen LogP contribution in [0.5, 0.6) is 0 Å². The van der Waals surface area contributed by atoms with E-state index in [-0.39, 0.29) is 19.6 Å². The summed E-state index contributed by atoms with van der Waals surface area (Å²) in [6, 6.07) is 31.8. The van der Waals surface area contributed by atoms with Crippen LogP contribution in [0.25, 0.3) is 0 Å². The number of nitrogens with one attached hydrogen (secondary N) is 1. The summed E-state index contributed by atoms with van der Waals surface area (Å²) < 4.78 is 40.3. The highest BCUT2D eigenvalue weighted by Crippen LogP contribution is 2.25. The van der Waals surface area contributed by atoms with Crippen molar-refractivity contribution in [1.82, 2.24) is 14.5 Å². The van der Waals surface area contributed by atoms with Crippen LogP contribution >= 0.6 is 0 Å². The molecule has 9 heteroatoms. The highest BCUT2D eigenvalue weighted by Gasteiger charge is 2.33. The van der Waals surface area contributed by atoms with Gasteiger partial charge in [0, 0.05) is 19.6 Å². The number of carbonyl (C=O) groups is 2. The molecular formula is C32H32FN3O4S. The molecule has 2 amide bonds. The summed E-state index contributed by atoms with van der Waals surface area (Å²) in [5.74, 6) is -1.43. The van der Waals surface area contributed by atoms with Gasteiger partial charge in [0.05, 0.1) is 12.8 Å². The zero-order valence-corrected chi connectivity index (χ0v) is 23.5. The normalized spacial score (nSPS) is 12.1. The van der Waals surface area contributed by atoms with Gasteiger partial charge in [0.2, 0.25) is 21.8 Å². The molecule has 0 saturated heterocycles. The van der Waals surface area contributed by atoms with Gasteiger partial charge in [-0.25, -0.2) is 12.8 Å². The van der Waals surface area contributed by atoms with Crippen molar-refractivity contribution < 1.29 is 22.4 Å². The molecule has 4 aromatic rings. The Kier molecular flexibility index (Phi) is 10.00. The average Bonchev–Trinajstić information content (AvgIpc) is 2.97. The van der Waals surface area contributed by atoms with Crippen molar-refractivity contribution in [2.24, 2.45) is 0 Å². The Morgan fingerprint density at radius 3 is 1.80 bits per heavy atom. The predicted octanol–water partition coefficient (Wildman–Crippen LogP) is 4.67. The standard InChI is InChI=1S/C32H32FN3O4S/c1-41(39,40)35(22-26-13-7-3-8-14-26)24-30(37)36(23-27-17-19-29(33)20-18-27)31(28-15-9-4-10-16-28)32(38)34-21-25-11-5-2-6-12-25/h2-20,31H,21-24H2,1H3,(H,34,38)/t31-/m1/s1. The van der Waals surface area contributed by atoms with Gasteiger partial charge in [-0.2, -0.15) is 4.31 Å². The third kappa shape index (κ3) is 8.57. The summed E-state index contributed by atoms with van der Waals surface area (Å²) in [7, 11) is -3.79. The van der Waals surface area contributed by atoms with E-state index in [0.717, 1.165) is 21.7 Å². The molecule has 0 saturated carbocycles. The van der Waals surface area contributed by atoms with Gasteiger partial charge in [0.1, 0.15) is 11.9 Å². The van der Waals surface area contributed by atoms with Crippen LogP contribution in [0, 0.1) is 5.82 Å². The summed E-state index contributed by atoms with van der Waals surface area (Å²) >= 11 is 0. The Morgan fingerprint density at radius 2 is 1.24 bits per heavy atom. The van der Waals surface area contributed by atoms with E-state index in [2.05, 4.69) is 5.32 Å². The van der Waals surface area contributed by atoms with Crippen molar-refractivity contribution in [2.75, 3.05) is 12.8 Å². The first-order valence-electron chi connectivity index (χ1n) is 13.1. The fraction of sp³-hybridized carbons (Fsp3) is 0.188. The summed E-state index contributed by atoms with van der Waals surface area (Å²) in [4.78, 5) is 29.2. The zero-order valence-electron chi connectivity index (χ0n) is 22.7. The Bertz CT molecular complexity index is 1530. The smallest absolute Gasteiger partial charge is 0.247 e. The van der Waals surface area contributed by atoms with Crippen LogP contribution in [-0.4, -0.2) is 42.2 Å². The highest BCUT2D eigenvalue weighted by atomic mass is 32.2. The van der Waals surface area contributed by atoms with Crippen LogP contribution in [0.4, 0.5) is 4.39 Å². The molecule has 0 aliphatic heterocycles. The van der Waals surface area contributed by atoms with Crippen molar-refractivity contribution in [1.29, 1.82) is 0 Å². The van der Waals surface area contributed by atoms with Gasteiger partial charge in [0.25, 0.3) is 0 Å². The van der Waals surface area contributed by atoms with E-state index in [1.165, 1.54) is 29.2 Å². The first-order valence-corrected chi connectivity index (χ1v) is 14.9. The first-order chi connectivity index (χ1) is 19.7. The van der Waals surface area contributed by atoms with Crippen LogP contribution in [0.1, 0.15) is 28.3 Å². The topological polar surface area (TPSA) is 86.8 Å². The third-order valence-electron chi connectivity index (χ3n) is 6.55. The van der Waals surface area contributed by atoms with Crippen LogP contribution in [0.2, 0.25) is 0 Å². The number of carbonyl (C=O) groups excluding carboxylic acids is 2. The molecule has 41 heavy (non-hydrogen) atoms. The molecule has 0 aliphatic rings. The second kappa shape index (κ2) is 13.8. The second-order valence-electron chi connectivity index (χ2n) is 9.68. The van der Waals surface area contributed by atoms with Gasteiger partial charge >= 0.3 is 0 Å². The molecule has 212 valence electrons. The maximum atomic E-state index is 14.0. The van der Waals surface area contributed by atoms with E-state index < -0.39 is 40.2 Å². The molecule has 0 radical (unpaired) electrons.